The van der Waals surface area contributed by atoms with Crippen molar-refractivity contribution in [2.45, 2.75) is 30.6 Å². The van der Waals surface area contributed by atoms with Gasteiger partial charge in [-0.1, -0.05) is 23.7 Å². The summed E-state index contributed by atoms with van der Waals surface area (Å²) in [7, 11) is 0. The van der Waals surface area contributed by atoms with Crippen LogP contribution < -0.4 is 0 Å². The van der Waals surface area contributed by atoms with Crippen LogP contribution in [0.5, 0.6) is 0 Å². The highest BCUT2D eigenvalue weighted by atomic mass is 35.5. The third kappa shape index (κ3) is 2.52. The molecule has 2 bridgehead atoms. The van der Waals surface area contributed by atoms with Crippen molar-refractivity contribution < 1.29 is 4.79 Å². The van der Waals surface area contributed by atoms with Crippen LogP contribution in [0.2, 0.25) is 5.02 Å². The Labute approximate surface area is 117 Å². The Morgan fingerprint density at radius 3 is 3.06 bits per heavy atom. The van der Waals surface area contributed by atoms with E-state index in [1.54, 1.807) is 0 Å². The number of halogens is 1. The van der Waals surface area contributed by atoms with Gasteiger partial charge in [-0.05, 0) is 30.5 Å². The fourth-order valence-electron chi connectivity index (χ4n) is 2.79. The molecule has 96 valence electrons. The smallest absolute Gasteiger partial charge is 0.223 e. The van der Waals surface area contributed by atoms with Crippen molar-refractivity contribution in [1.82, 2.24) is 4.90 Å². The van der Waals surface area contributed by atoms with Gasteiger partial charge in [-0.15, -0.1) is 0 Å². The van der Waals surface area contributed by atoms with Gasteiger partial charge in [0.25, 0.3) is 0 Å². The quantitative estimate of drug-likeness (QED) is 0.849. The van der Waals surface area contributed by atoms with Crippen molar-refractivity contribution in [3.8, 4) is 0 Å². The third-order valence-electron chi connectivity index (χ3n) is 3.74. The number of nitrogens with zero attached hydrogens (tertiary/aromatic N) is 1. The number of hydrogen-bond acceptors (Lipinski definition) is 2. The van der Waals surface area contributed by atoms with E-state index >= 15 is 0 Å². The number of amides is 1. The molecule has 0 saturated carbocycles. The SMILES string of the molecule is O=C(CCc1cccc(Cl)c1)N1CC2CC1CS2. The molecule has 0 spiro atoms. The highest BCUT2D eigenvalue weighted by Gasteiger charge is 2.40. The zero-order valence-electron chi connectivity index (χ0n) is 10.1. The summed E-state index contributed by atoms with van der Waals surface area (Å²) in [6.45, 7) is 0.962. The largest absolute Gasteiger partial charge is 0.338 e. The summed E-state index contributed by atoms with van der Waals surface area (Å²) >= 11 is 7.96. The molecule has 1 aromatic carbocycles. The summed E-state index contributed by atoms with van der Waals surface area (Å²) in [6.07, 6.45) is 2.60. The van der Waals surface area contributed by atoms with E-state index in [2.05, 4.69) is 4.90 Å². The fraction of sp³-hybridized carbons (Fsp3) is 0.500. The monoisotopic (exact) mass is 281 g/mol. The molecule has 0 aliphatic carbocycles. The summed E-state index contributed by atoms with van der Waals surface area (Å²) in [5.41, 5.74) is 1.15. The molecule has 3 rings (SSSR count). The average molecular weight is 282 g/mol. The third-order valence-corrected chi connectivity index (χ3v) is 5.36. The maximum absolute atomic E-state index is 12.2. The molecular formula is C14H16ClNOS. The molecule has 1 aromatic rings. The van der Waals surface area contributed by atoms with Gasteiger partial charge in [0, 0.05) is 35.0 Å². The lowest BCUT2D eigenvalue weighted by Gasteiger charge is -2.26. The maximum atomic E-state index is 12.2. The minimum Gasteiger partial charge on any atom is -0.338 e. The van der Waals surface area contributed by atoms with Gasteiger partial charge in [0.15, 0.2) is 0 Å². The highest BCUT2D eigenvalue weighted by molar-refractivity contribution is 8.00. The minimum absolute atomic E-state index is 0.308. The number of benzene rings is 1. The second-order valence-electron chi connectivity index (χ2n) is 5.02. The first-order valence-corrected chi connectivity index (χ1v) is 7.80. The standard InChI is InChI=1S/C14H16ClNOS/c15-11-3-1-2-10(6-11)4-5-14(17)16-8-13-7-12(16)9-18-13/h1-3,6,12-13H,4-5,7-9H2. The second kappa shape index (κ2) is 5.14. The summed E-state index contributed by atoms with van der Waals surface area (Å²) in [6, 6.07) is 8.29. The summed E-state index contributed by atoms with van der Waals surface area (Å²) < 4.78 is 0. The fourth-order valence-corrected chi connectivity index (χ4v) is 4.44. The molecule has 2 fully saturated rings. The Hall–Kier alpha value is -0.670. The van der Waals surface area contributed by atoms with Crippen molar-refractivity contribution in [2.75, 3.05) is 12.3 Å². The van der Waals surface area contributed by atoms with Gasteiger partial charge in [0.1, 0.15) is 0 Å². The lowest BCUT2D eigenvalue weighted by atomic mass is 10.1. The second-order valence-corrected chi connectivity index (χ2v) is 6.79. The Kier molecular flexibility index (Phi) is 3.53. The molecule has 2 saturated heterocycles. The van der Waals surface area contributed by atoms with Crippen LogP contribution in [-0.2, 0) is 11.2 Å². The van der Waals surface area contributed by atoms with Crippen LogP contribution in [0.1, 0.15) is 18.4 Å². The first-order chi connectivity index (χ1) is 8.72. The molecule has 0 N–H and O–H groups in total. The average Bonchev–Trinajstić information content (AvgIpc) is 2.98. The molecular weight excluding hydrogens is 266 g/mol. The molecule has 0 radical (unpaired) electrons. The van der Waals surface area contributed by atoms with E-state index < -0.39 is 0 Å². The first-order valence-electron chi connectivity index (χ1n) is 6.38. The lowest BCUT2D eigenvalue weighted by Crippen LogP contribution is -2.39. The molecule has 2 aliphatic heterocycles. The molecule has 2 heterocycles. The maximum Gasteiger partial charge on any atom is 0.223 e. The van der Waals surface area contributed by atoms with Gasteiger partial charge in [0.05, 0.1) is 0 Å². The number of rotatable bonds is 3. The van der Waals surface area contributed by atoms with Crippen molar-refractivity contribution in [2.24, 2.45) is 0 Å². The van der Waals surface area contributed by atoms with E-state index in [9.17, 15) is 4.79 Å². The van der Waals surface area contributed by atoms with Gasteiger partial charge in [-0.25, -0.2) is 0 Å². The van der Waals surface area contributed by atoms with Crippen LogP contribution >= 0.6 is 23.4 Å². The summed E-state index contributed by atoms with van der Waals surface area (Å²) in [5.74, 6) is 1.44. The molecule has 18 heavy (non-hydrogen) atoms. The van der Waals surface area contributed by atoms with Crippen LogP contribution in [-0.4, -0.2) is 34.4 Å². The topological polar surface area (TPSA) is 20.3 Å². The number of carbonyl (C=O) groups excluding carboxylic acids is 1. The van der Waals surface area contributed by atoms with Gasteiger partial charge in [-0.2, -0.15) is 11.8 Å². The number of hydrogen-bond donors (Lipinski definition) is 0. The molecule has 2 aliphatic rings. The normalized spacial score (nSPS) is 25.7. The van der Waals surface area contributed by atoms with E-state index in [0.29, 0.717) is 23.6 Å². The Morgan fingerprint density at radius 1 is 1.50 bits per heavy atom. The van der Waals surface area contributed by atoms with E-state index in [4.69, 9.17) is 11.6 Å². The van der Waals surface area contributed by atoms with Gasteiger partial charge >= 0.3 is 0 Å². The van der Waals surface area contributed by atoms with Crippen LogP contribution in [0.4, 0.5) is 0 Å². The Morgan fingerprint density at radius 2 is 2.39 bits per heavy atom. The van der Waals surface area contributed by atoms with Gasteiger partial charge in [0.2, 0.25) is 5.91 Å². The predicted octanol–water partition coefficient (Wildman–Crippen LogP) is 2.99. The van der Waals surface area contributed by atoms with E-state index in [-0.39, 0.29) is 0 Å². The van der Waals surface area contributed by atoms with Crippen LogP contribution in [0, 0.1) is 0 Å². The summed E-state index contributed by atoms with van der Waals surface area (Å²) in [4.78, 5) is 14.3. The first kappa shape index (κ1) is 12.4. The Balaban J connectivity index is 1.56. The highest BCUT2D eigenvalue weighted by Crippen LogP contribution is 2.37. The summed E-state index contributed by atoms with van der Waals surface area (Å²) in [5, 5.41) is 1.45. The molecule has 2 nitrogen and oxygen atoms in total. The molecule has 2 atom stereocenters. The van der Waals surface area contributed by atoms with E-state index in [1.807, 2.05) is 36.0 Å². The van der Waals surface area contributed by atoms with Crippen molar-refractivity contribution in [3.05, 3.63) is 34.9 Å². The predicted molar refractivity (Wildman–Crippen MR) is 76.1 cm³/mol. The number of aryl methyl sites for hydroxylation is 1. The number of fused-ring (bicyclic) bond motifs is 2. The molecule has 4 heteroatoms. The molecule has 1 amide bonds. The van der Waals surface area contributed by atoms with Crippen molar-refractivity contribution >= 4 is 29.3 Å². The van der Waals surface area contributed by atoms with Crippen molar-refractivity contribution in [3.63, 3.8) is 0 Å². The number of likely N-dealkylation sites (tertiary alicyclic amines) is 1. The molecule has 2 unspecified atom stereocenters. The van der Waals surface area contributed by atoms with Crippen LogP contribution in [0.15, 0.2) is 24.3 Å². The Bertz CT molecular complexity index is 465. The molecule has 0 aromatic heterocycles. The van der Waals surface area contributed by atoms with Crippen LogP contribution in [0.25, 0.3) is 0 Å². The van der Waals surface area contributed by atoms with E-state index in [0.717, 1.165) is 29.3 Å². The lowest BCUT2D eigenvalue weighted by molar-refractivity contribution is -0.131. The van der Waals surface area contributed by atoms with Crippen LogP contribution in [0.3, 0.4) is 0 Å². The van der Waals surface area contributed by atoms with Crippen molar-refractivity contribution in [1.29, 1.82) is 0 Å². The zero-order valence-corrected chi connectivity index (χ0v) is 11.7. The minimum atomic E-state index is 0.308. The van der Waals surface area contributed by atoms with Gasteiger partial charge < -0.3 is 4.90 Å². The number of thioether (sulfide) groups is 1. The zero-order chi connectivity index (χ0) is 12.5. The van der Waals surface area contributed by atoms with Gasteiger partial charge in [-0.3, -0.25) is 4.79 Å². The van der Waals surface area contributed by atoms with E-state index in [1.165, 1.54) is 6.42 Å². The number of carbonyl (C=O) groups is 1.